The van der Waals surface area contributed by atoms with E-state index in [4.69, 9.17) is 11.1 Å². The van der Waals surface area contributed by atoms with Crippen molar-refractivity contribution in [1.82, 2.24) is 0 Å². The highest BCUT2D eigenvalue weighted by Crippen LogP contribution is 2.44. The number of nitrogens with two attached hydrogens (primary N) is 1. The number of rotatable bonds is 7. The predicted octanol–water partition coefficient (Wildman–Crippen LogP) is 5.69. The molecule has 3 aliphatic rings. The molecule has 202 valence electrons. The fraction of sp³-hybridized carbons (Fsp3) is 0.276. The number of hydrogen-bond donors (Lipinski definition) is 4. The zero-order valence-electron chi connectivity index (χ0n) is 21.0. The van der Waals surface area contributed by atoms with Crippen LogP contribution in [0.4, 0.5) is 30.2 Å². The Balaban J connectivity index is 1.45. The number of piperidine rings is 2. The lowest BCUT2D eigenvalue weighted by Crippen LogP contribution is -2.53. The molecular weight excluding hydrogens is 507 g/mol. The van der Waals surface area contributed by atoms with Crippen molar-refractivity contribution in [3.05, 3.63) is 89.5 Å². The lowest BCUT2D eigenvalue weighted by atomic mass is 9.78. The number of amides is 2. The van der Waals surface area contributed by atoms with Gasteiger partial charge in [0, 0.05) is 28.9 Å². The topological polar surface area (TPSA) is 111 Å². The van der Waals surface area contributed by atoms with Gasteiger partial charge in [-0.1, -0.05) is 42.5 Å². The highest BCUT2D eigenvalue weighted by molar-refractivity contribution is 6.00. The minimum absolute atomic E-state index is 0.0362. The van der Waals surface area contributed by atoms with Crippen molar-refractivity contribution in [2.45, 2.75) is 43.9 Å². The number of alkyl halides is 3. The van der Waals surface area contributed by atoms with E-state index in [1.807, 2.05) is 0 Å². The van der Waals surface area contributed by atoms with Crippen LogP contribution in [0.3, 0.4) is 0 Å². The molecule has 3 fully saturated rings. The molecule has 2 aliphatic heterocycles. The number of nitrogen functional groups attached to an aromatic ring is 1. The predicted molar refractivity (Wildman–Crippen MR) is 144 cm³/mol. The lowest BCUT2D eigenvalue weighted by Gasteiger charge is -2.45. The van der Waals surface area contributed by atoms with Crippen LogP contribution in [0.1, 0.15) is 48.4 Å². The van der Waals surface area contributed by atoms with Gasteiger partial charge in [-0.25, -0.2) is 0 Å². The molecule has 0 aromatic heterocycles. The molecule has 3 aromatic rings. The fourth-order valence-electron chi connectivity index (χ4n) is 5.43. The minimum Gasteiger partial charge on any atom is -0.384 e. The zero-order valence-corrected chi connectivity index (χ0v) is 21.0. The van der Waals surface area contributed by atoms with Gasteiger partial charge in [-0.2, -0.15) is 13.2 Å². The molecule has 1 unspecified atom stereocenters. The number of carbonyl (C=O) groups excluding carboxylic acids is 2. The van der Waals surface area contributed by atoms with Crippen LogP contribution in [0, 0.1) is 11.3 Å². The van der Waals surface area contributed by atoms with Crippen LogP contribution >= 0.6 is 0 Å². The molecule has 6 rings (SSSR count). The first-order valence-electron chi connectivity index (χ1n) is 12.7. The third-order valence-electron chi connectivity index (χ3n) is 7.36. The van der Waals surface area contributed by atoms with Gasteiger partial charge in [-0.05, 0) is 61.6 Å². The van der Waals surface area contributed by atoms with Crippen LogP contribution in [-0.4, -0.2) is 23.7 Å². The molecule has 2 amide bonds. The maximum absolute atomic E-state index is 14.2. The Bertz CT molecular complexity index is 1400. The molecule has 1 saturated carbocycles. The average molecular weight is 536 g/mol. The molecule has 0 spiro atoms. The van der Waals surface area contributed by atoms with E-state index in [2.05, 4.69) is 10.6 Å². The summed E-state index contributed by atoms with van der Waals surface area (Å²) in [6.07, 6.45) is -1.95. The van der Waals surface area contributed by atoms with E-state index in [0.29, 0.717) is 42.5 Å². The molecule has 2 saturated heterocycles. The summed E-state index contributed by atoms with van der Waals surface area (Å²) in [6.45, 7) is 0. The van der Waals surface area contributed by atoms with Gasteiger partial charge >= 0.3 is 6.18 Å². The largest absolute Gasteiger partial charge is 0.418 e. The Labute approximate surface area is 223 Å². The first-order valence-corrected chi connectivity index (χ1v) is 12.7. The van der Waals surface area contributed by atoms with Crippen molar-refractivity contribution >= 4 is 34.7 Å². The van der Waals surface area contributed by atoms with E-state index in [1.54, 1.807) is 54.6 Å². The Morgan fingerprint density at radius 3 is 2.31 bits per heavy atom. The van der Waals surface area contributed by atoms with E-state index in [9.17, 15) is 22.8 Å². The standard InChI is InChI=1S/C29H28F3N5O2/c30-29(31,32)23-16-21(11-14-24(23)37-22-12-9-18(10-13-22)28(37)39)36-27(38)25(17-5-2-1-3-6-17)35-20-8-4-7-19(15-20)26(33)34/h1-8,11,14-16,18,22,25,35H,9-10,12-13H2,(H3,33,34)(H,36,38). The summed E-state index contributed by atoms with van der Waals surface area (Å²) < 4.78 is 42.6. The normalized spacial score (nSPS) is 19.5. The van der Waals surface area contributed by atoms with Gasteiger partial charge in [-0.15, -0.1) is 0 Å². The second kappa shape index (κ2) is 10.4. The van der Waals surface area contributed by atoms with Gasteiger partial charge in [0.05, 0.1) is 11.3 Å². The van der Waals surface area contributed by atoms with Gasteiger partial charge in [0.2, 0.25) is 5.91 Å². The van der Waals surface area contributed by atoms with Crippen LogP contribution in [0.25, 0.3) is 0 Å². The van der Waals surface area contributed by atoms with E-state index in [1.165, 1.54) is 17.0 Å². The molecule has 0 radical (unpaired) electrons. The summed E-state index contributed by atoms with van der Waals surface area (Å²) in [4.78, 5) is 27.6. The molecule has 7 nitrogen and oxygen atoms in total. The molecule has 10 heteroatoms. The summed E-state index contributed by atoms with van der Waals surface area (Å²) >= 11 is 0. The molecule has 3 aromatic carbocycles. The SMILES string of the molecule is N=C(N)c1cccc(NC(C(=O)Nc2ccc(N3C(=O)C4CCC3CC4)c(C(F)(F)F)c2)c2ccccc2)c1. The Morgan fingerprint density at radius 1 is 0.949 bits per heavy atom. The molecule has 39 heavy (non-hydrogen) atoms. The maximum atomic E-state index is 14.2. The van der Waals surface area contributed by atoms with Crippen LogP contribution < -0.4 is 21.3 Å². The quantitative estimate of drug-likeness (QED) is 0.230. The number of fused-ring (bicyclic) bond motifs is 3. The summed E-state index contributed by atoms with van der Waals surface area (Å²) in [5.74, 6) is -1.22. The van der Waals surface area contributed by atoms with E-state index in [-0.39, 0.29) is 35.1 Å². The first-order chi connectivity index (χ1) is 18.6. The van der Waals surface area contributed by atoms with Gasteiger partial charge in [0.1, 0.15) is 11.9 Å². The van der Waals surface area contributed by atoms with Gasteiger partial charge in [0.15, 0.2) is 0 Å². The second-order valence-corrected chi connectivity index (χ2v) is 9.92. The third-order valence-corrected chi connectivity index (χ3v) is 7.36. The number of nitrogens with one attached hydrogen (secondary N) is 3. The zero-order chi connectivity index (χ0) is 27.7. The molecule has 2 bridgehead atoms. The minimum atomic E-state index is -4.72. The van der Waals surface area contributed by atoms with Crippen molar-refractivity contribution < 1.29 is 22.8 Å². The van der Waals surface area contributed by atoms with Crippen molar-refractivity contribution in [3.8, 4) is 0 Å². The number of amidine groups is 1. The fourth-order valence-corrected chi connectivity index (χ4v) is 5.43. The van der Waals surface area contributed by atoms with Gasteiger partial charge in [0.25, 0.3) is 5.91 Å². The monoisotopic (exact) mass is 535 g/mol. The molecule has 1 aliphatic carbocycles. The van der Waals surface area contributed by atoms with Crippen LogP contribution in [0.15, 0.2) is 72.8 Å². The van der Waals surface area contributed by atoms with Crippen molar-refractivity contribution in [2.75, 3.05) is 15.5 Å². The number of hydrogen-bond acceptors (Lipinski definition) is 4. The highest BCUT2D eigenvalue weighted by atomic mass is 19.4. The van der Waals surface area contributed by atoms with Crippen molar-refractivity contribution in [1.29, 1.82) is 5.41 Å². The summed E-state index contributed by atoms with van der Waals surface area (Å²) in [7, 11) is 0. The number of anilines is 3. The van der Waals surface area contributed by atoms with Gasteiger partial charge < -0.3 is 21.3 Å². The summed E-state index contributed by atoms with van der Waals surface area (Å²) in [5, 5.41) is 13.4. The van der Waals surface area contributed by atoms with Crippen LogP contribution in [0.2, 0.25) is 0 Å². The van der Waals surface area contributed by atoms with E-state index < -0.39 is 23.7 Å². The van der Waals surface area contributed by atoms with E-state index >= 15 is 0 Å². The summed E-state index contributed by atoms with van der Waals surface area (Å²) in [6, 6.07) is 17.8. The average Bonchev–Trinajstić information content (AvgIpc) is 2.92. The molecule has 1 atom stereocenters. The van der Waals surface area contributed by atoms with Crippen molar-refractivity contribution in [2.24, 2.45) is 11.7 Å². The number of carbonyl (C=O) groups is 2. The number of nitrogens with zero attached hydrogens (tertiary/aromatic N) is 1. The molecule has 5 N–H and O–H groups in total. The Kier molecular flexibility index (Phi) is 7.03. The Morgan fingerprint density at radius 2 is 1.67 bits per heavy atom. The Hall–Kier alpha value is -4.34. The maximum Gasteiger partial charge on any atom is 0.418 e. The van der Waals surface area contributed by atoms with Crippen LogP contribution in [-0.2, 0) is 15.8 Å². The number of benzene rings is 3. The van der Waals surface area contributed by atoms with Crippen molar-refractivity contribution in [3.63, 3.8) is 0 Å². The van der Waals surface area contributed by atoms with Gasteiger partial charge in [-0.3, -0.25) is 15.0 Å². The van der Waals surface area contributed by atoms with E-state index in [0.717, 1.165) is 6.07 Å². The lowest BCUT2D eigenvalue weighted by molar-refractivity contribution is -0.137. The highest BCUT2D eigenvalue weighted by Gasteiger charge is 2.44. The number of halogens is 3. The third kappa shape index (κ3) is 5.45. The van der Waals surface area contributed by atoms with Crippen LogP contribution in [0.5, 0.6) is 0 Å². The summed E-state index contributed by atoms with van der Waals surface area (Å²) in [5.41, 5.74) is 5.98. The smallest absolute Gasteiger partial charge is 0.384 e. The molecule has 2 heterocycles. The first kappa shape index (κ1) is 26.3. The molecular formula is C29H28F3N5O2. The second-order valence-electron chi connectivity index (χ2n) is 9.92.